The van der Waals surface area contributed by atoms with Crippen molar-refractivity contribution < 1.29 is 38.5 Å². The van der Waals surface area contributed by atoms with E-state index < -0.39 is 16.9 Å². The molecular formula is C17H32N4O8S8. The Bertz CT molecular complexity index is 654. The smallest absolute Gasteiger partial charge is 0.407 e. The topological polar surface area (TPSA) is 168 Å². The monoisotopic (exact) mass is 676 g/mol. The normalized spacial score (nSPS) is 12.2. The van der Waals surface area contributed by atoms with Gasteiger partial charge in [0.15, 0.2) is 0 Å². The van der Waals surface area contributed by atoms with Crippen LogP contribution in [0.5, 0.6) is 0 Å². The van der Waals surface area contributed by atoms with Crippen LogP contribution in [0.3, 0.4) is 0 Å². The minimum Gasteiger partial charge on any atom is -0.447 e. The fourth-order valence-electron chi connectivity index (χ4n) is 1.47. The summed E-state index contributed by atoms with van der Waals surface area (Å²) >= 11 is 10.5. The Morgan fingerprint density at radius 2 is 1.51 bits per heavy atom. The first-order valence-electron chi connectivity index (χ1n) is 10.2. The van der Waals surface area contributed by atoms with Gasteiger partial charge in [-0.05, 0) is 0 Å². The van der Waals surface area contributed by atoms with E-state index in [0.29, 0.717) is 38.8 Å². The molecule has 0 spiro atoms. The molecule has 0 aliphatic heterocycles. The number of ether oxygens (including phenoxy) is 1. The maximum atomic E-state index is 11.9. The molecule has 4 N–H and O–H groups in total. The lowest BCUT2D eigenvalue weighted by molar-refractivity contribution is -0.221. The van der Waals surface area contributed by atoms with Crippen LogP contribution in [0.1, 0.15) is 0 Å². The van der Waals surface area contributed by atoms with Crippen molar-refractivity contribution in [2.24, 2.45) is 9.98 Å². The molecule has 12 nitrogen and oxygen atoms in total. The van der Waals surface area contributed by atoms with Gasteiger partial charge in [0.25, 0.3) is 5.24 Å². The van der Waals surface area contributed by atoms with Gasteiger partial charge in [0.1, 0.15) is 13.2 Å². The minimum atomic E-state index is -1.14. The Labute approximate surface area is 249 Å². The maximum Gasteiger partial charge on any atom is 0.407 e. The molecule has 216 valence electrons. The van der Waals surface area contributed by atoms with Crippen LogP contribution >= 0.6 is 82.3 Å². The largest absolute Gasteiger partial charge is 0.447 e. The fourth-order valence-corrected chi connectivity index (χ4v) is 8.97. The molecule has 20 heteroatoms. The van der Waals surface area contributed by atoms with E-state index in [0.717, 1.165) is 10.2 Å². The Morgan fingerprint density at radius 3 is 2.24 bits per heavy atom. The standard InChI is InChI=1S/C17H32N4O8S8/c22-1-3-27-16(24)20-8-32-12-31-7-19-10-37(26)15-35-13-34-14-36-17(25)21-9-33-11-30-6-18-5-29-28-4-2-23/h5,10,22-23H,1-4,6-9,11-15H2,(H,20,24)(H,21,25). The summed E-state index contributed by atoms with van der Waals surface area (Å²) in [6, 6.07) is 0. The van der Waals surface area contributed by atoms with Crippen LogP contribution in [0, 0.1) is 0 Å². The number of nitrogens with one attached hydrogen (secondary N) is 2. The van der Waals surface area contributed by atoms with E-state index in [9.17, 15) is 13.8 Å². The van der Waals surface area contributed by atoms with Crippen LogP contribution in [0.15, 0.2) is 9.98 Å². The fraction of sp³-hybridized carbons (Fsp3) is 0.765. The average Bonchev–Trinajstić information content (AvgIpc) is 2.89. The number of aliphatic imine (C=N–C) groups is 2. The highest BCUT2D eigenvalue weighted by atomic mass is 32.3. The lowest BCUT2D eigenvalue weighted by Crippen LogP contribution is -2.24. The van der Waals surface area contributed by atoms with Crippen molar-refractivity contribution in [3.05, 3.63) is 0 Å². The highest BCUT2D eigenvalue weighted by Gasteiger charge is 2.03. The number of hydrogen-bond donors (Lipinski definition) is 4. The molecule has 0 saturated heterocycles. The summed E-state index contributed by atoms with van der Waals surface area (Å²) in [5, 5.41) is 25.6. The number of rotatable bonds is 25. The number of carbonyl (C=O) groups is 2. The first-order valence-corrected chi connectivity index (χ1v) is 19.5. The van der Waals surface area contributed by atoms with Crippen molar-refractivity contribution in [3.8, 4) is 0 Å². The molecule has 0 aromatic carbocycles. The molecule has 2 amide bonds. The van der Waals surface area contributed by atoms with Crippen LogP contribution in [-0.2, 0) is 25.3 Å². The van der Waals surface area contributed by atoms with Gasteiger partial charge in [0.2, 0.25) is 6.40 Å². The molecule has 0 aromatic rings. The third-order valence-electron chi connectivity index (χ3n) is 2.82. The zero-order chi connectivity index (χ0) is 27.2. The molecule has 0 aliphatic rings. The zero-order valence-electron chi connectivity index (χ0n) is 19.9. The van der Waals surface area contributed by atoms with Gasteiger partial charge in [-0.1, -0.05) is 11.8 Å². The Morgan fingerprint density at radius 1 is 0.838 bits per heavy atom. The number of alkyl carbamates (subject to hydrolysis) is 1. The molecule has 0 aromatic heterocycles. The van der Waals surface area contributed by atoms with Crippen LogP contribution in [-0.4, -0.2) is 113 Å². The van der Waals surface area contributed by atoms with E-state index in [2.05, 4.69) is 35.1 Å². The van der Waals surface area contributed by atoms with Crippen LogP contribution in [0.4, 0.5) is 9.59 Å². The molecule has 0 rings (SSSR count). The highest BCUT2D eigenvalue weighted by molar-refractivity contribution is 8.28. The van der Waals surface area contributed by atoms with Crippen molar-refractivity contribution in [3.63, 3.8) is 0 Å². The van der Waals surface area contributed by atoms with Crippen molar-refractivity contribution in [2.75, 3.05) is 75.4 Å². The maximum absolute atomic E-state index is 11.9. The van der Waals surface area contributed by atoms with Gasteiger partial charge in [-0.3, -0.25) is 14.0 Å². The Balaban J connectivity index is 3.42. The minimum absolute atomic E-state index is 0.0232. The van der Waals surface area contributed by atoms with Crippen molar-refractivity contribution in [1.29, 1.82) is 0 Å². The molecule has 0 saturated carbocycles. The van der Waals surface area contributed by atoms with Gasteiger partial charge in [-0.2, -0.15) is 4.89 Å². The number of hydrogen-bond acceptors (Lipinski definition) is 17. The first-order chi connectivity index (χ1) is 18.1. The van der Waals surface area contributed by atoms with Crippen LogP contribution < -0.4 is 10.6 Å². The third-order valence-corrected chi connectivity index (χ3v) is 11.7. The van der Waals surface area contributed by atoms with E-state index in [4.69, 9.17) is 10.2 Å². The summed E-state index contributed by atoms with van der Waals surface area (Å²) in [5.74, 6) is 1.91. The average molecular weight is 677 g/mol. The molecule has 0 radical (unpaired) electrons. The number of aliphatic hydroxyl groups excluding tert-OH is 2. The lowest BCUT2D eigenvalue weighted by atomic mass is 10.8. The van der Waals surface area contributed by atoms with Crippen LogP contribution in [0.2, 0.25) is 0 Å². The summed E-state index contributed by atoms with van der Waals surface area (Å²) in [5.41, 5.74) is 1.45. The van der Waals surface area contributed by atoms with Gasteiger partial charge < -0.3 is 30.5 Å². The summed E-state index contributed by atoms with van der Waals surface area (Å²) in [4.78, 5) is 40.1. The summed E-state index contributed by atoms with van der Waals surface area (Å²) < 4.78 is 16.6. The van der Waals surface area contributed by atoms with Crippen LogP contribution in [0.25, 0.3) is 0 Å². The molecule has 0 fully saturated rings. The summed E-state index contributed by atoms with van der Waals surface area (Å²) in [7, 11) is -1.14. The lowest BCUT2D eigenvalue weighted by Gasteiger charge is -2.04. The first kappa shape index (κ1) is 37.4. The number of nitrogens with zero attached hydrogens (tertiary/aromatic N) is 2. The van der Waals surface area contributed by atoms with Crippen molar-refractivity contribution >= 4 is 116 Å². The molecule has 37 heavy (non-hydrogen) atoms. The predicted molar refractivity (Wildman–Crippen MR) is 166 cm³/mol. The van der Waals surface area contributed by atoms with E-state index in [1.807, 2.05) is 0 Å². The SMILES string of the molecule is O=C(NCSCSCN=CS(=O)CSCSCSC(=O)NCSCSCN=COOCCO)OCCO. The second-order valence-electron chi connectivity index (χ2n) is 5.60. The van der Waals surface area contributed by atoms with Crippen molar-refractivity contribution in [1.82, 2.24) is 10.6 Å². The van der Waals surface area contributed by atoms with Gasteiger partial charge >= 0.3 is 6.09 Å². The third kappa shape index (κ3) is 30.8. The second-order valence-corrected chi connectivity index (χ2v) is 15.5. The van der Waals surface area contributed by atoms with Gasteiger partial charge in [-0.15, -0.1) is 70.6 Å². The number of amides is 2. The van der Waals surface area contributed by atoms with Gasteiger partial charge in [0, 0.05) is 20.3 Å². The van der Waals surface area contributed by atoms with E-state index >= 15 is 0 Å². The van der Waals surface area contributed by atoms with E-state index in [1.54, 1.807) is 47.0 Å². The summed E-state index contributed by atoms with van der Waals surface area (Å²) in [6.45, 7) is -0.244. The zero-order valence-corrected chi connectivity index (χ0v) is 26.4. The number of thioether (sulfide) groups is 7. The van der Waals surface area contributed by atoms with Crippen molar-refractivity contribution in [2.45, 2.75) is 0 Å². The van der Waals surface area contributed by atoms with Gasteiger partial charge in [0.05, 0.1) is 58.2 Å². The van der Waals surface area contributed by atoms with Gasteiger partial charge in [-0.25, -0.2) is 9.79 Å². The quantitative estimate of drug-likeness (QED) is 0.0278. The Hall–Kier alpha value is 0.360. The van der Waals surface area contributed by atoms with E-state index in [-0.39, 0.29) is 31.7 Å². The molecule has 1 unspecified atom stereocenters. The predicted octanol–water partition coefficient (Wildman–Crippen LogP) is 2.91. The van der Waals surface area contributed by atoms with E-state index in [1.165, 1.54) is 47.2 Å². The number of aliphatic hydroxyl groups is 2. The number of carbonyl (C=O) groups excluding carboxylic acids is 2. The highest BCUT2D eigenvalue weighted by Crippen LogP contribution is 2.19. The Kier molecular flexibility index (Phi) is 31.2. The molecule has 0 bridgehead atoms. The molecule has 0 aliphatic carbocycles. The molecule has 0 heterocycles. The summed E-state index contributed by atoms with van der Waals surface area (Å²) in [6.07, 6.45) is 0.623. The second kappa shape index (κ2) is 30.9. The molecular weight excluding hydrogens is 645 g/mol. The molecule has 1 atom stereocenters.